The van der Waals surface area contributed by atoms with Crippen molar-refractivity contribution in [3.63, 3.8) is 0 Å². The van der Waals surface area contributed by atoms with Gasteiger partial charge >= 0.3 is 0 Å². The number of halogens is 2. The van der Waals surface area contributed by atoms with Crippen molar-refractivity contribution in [2.45, 2.75) is 13.5 Å². The number of methoxy groups -OCH3 is 2. The van der Waals surface area contributed by atoms with Gasteiger partial charge in [0.05, 0.1) is 25.5 Å². The lowest BCUT2D eigenvalue weighted by Gasteiger charge is -2.16. The van der Waals surface area contributed by atoms with Crippen LogP contribution >= 0.6 is 36.6 Å². The number of hydrogen-bond donors (Lipinski definition) is 3. The summed E-state index contributed by atoms with van der Waals surface area (Å²) in [5, 5.41) is 11.1. The van der Waals surface area contributed by atoms with Gasteiger partial charge in [-0.25, -0.2) is 0 Å². The van der Waals surface area contributed by atoms with Gasteiger partial charge < -0.3 is 20.5 Å². The molecule has 0 aliphatic heterocycles. The first-order valence-corrected chi connectivity index (χ1v) is 6.58. The fourth-order valence-corrected chi connectivity index (χ4v) is 2.10. The van der Waals surface area contributed by atoms with Gasteiger partial charge in [0.2, 0.25) is 0 Å². The van der Waals surface area contributed by atoms with E-state index in [1.807, 2.05) is 19.1 Å². The fourth-order valence-electron chi connectivity index (χ4n) is 1.63. The van der Waals surface area contributed by atoms with Gasteiger partial charge in [0, 0.05) is 6.54 Å². The van der Waals surface area contributed by atoms with Crippen molar-refractivity contribution in [3.05, 3.63) is 17.7 Å². The normalized spacial score (nSPS) is 9.00. The molecule has 0 amide bonds. The summed E-state index contributed by atoms with van der Waals surface area (Å²) in [4.78, 5) is 0. The molecule has 20 heavy (non-hydrogen) atoms. The average Bonchev–Trinajstić information content (AvgIpc) is 2.38. The average molecular weight is 342 g/mol. The summed E-state index contributed by atoms with van der Waals surface area (Å²) in [7, 11) is 3.17. The summed E-state index contributed by atoms with van der Waals surface area (Å²) < 4.78 is 10.6. The highest BCUT2D eigenvalue weighted by Gasteiger charge is 2.14. The summed E-state index contributed by atoms with van der Waals surface area (Å²) in [6.45, 7) is 2.31. The molecule has 0 spiro atoms. The van der Waals surface area contributed by atoms with Crippen LogP contribution in [0.1, 0.15) is 12.5 Å². The second-order valence-corrected chi connectivity index (χ2v) is 4.69. The third kappa shape index (κ3) is 5.28. The maximum absolute atomic E-state index is 7.76. The molecular formula is C12H21Cl2N3O2S. The van der Waals surface area contributed by atoms with E-state index >= 15 is 0 Å². The minimum Gasteiger partial charge on any atom is -0.496 e. The largest absolute Gasteiger partial charge is 0.496 e. The molecule has 0 atom stereocenters. The Morgan fingerprint density at radius 3 is 2.40 bits per heavy atom. The van der Waals surface area contributed by atoms with E-state index < -0.39 is 0 Å². The predicted octanol–water partition coefficient (Wildman–Crippen LogP) is 3.11. The number of thioether (sulfide) groups is 1. The molecule has 0 saturated carbocycles. The zero-order valence-corrected chi connectivity index (χ0v) is 14.1. The lowest BCUT2D eigenvalue weighted by atomic mass is 10.1. The molecule has 0 saturated heterocycles. The molecule has 5 nitrogen and oxygen atoms in total. The Kier molecular flexibility index (Phi) is 11.7. The van der Waals surface area contributed by atoms with E-state index in [2.05, 4.69) is 5.32 Å². The highest BCUT2D eigenvalue weighted by Crippen LogP contribution is 2.35. The monoisotopic (exact) mass is 341 g/mol. The van der Waals surface area contributed by atoms with E-state index in [9.17, 15) is 0 Å². The number of benzene rings is 1. The lowest BCUT2D eigenvalue weighted by molar-refractivity contribution is 0.387. The van der Waals surface area contributed by atoms with Crippen LogP contribution in [0.25, 0.3) is 0 Å². The number of nitrogens with two attached hydrogens (primary N) is 1. The molecule has 0 aliphatic rings. The Labute approximate surface area is 136 Å². The lowest BCUT2D eigenvalue weighted by Crippen LogP contribution is -2.10. The zero-order valence-electron chi connectivity index (χ0n) is 11.7. The molecule has 0 heterocycles. The Balaban J connectivity index is 0. The quantitative estimate of drug-likeness (QED) is 0.566. The first-order valence-electron chi connectivity index (χ1n) is 5.60. The number of rotatable bonds is 5. The van der Waals surface area contributed by atoms with E-state index in [0.717, 1.165) is 17.0 Å². The molecular weight excluding hydrogens is 321 g/mol. The Morgan fingerprint density at radius 1 is 1.30 bits per heavy atom. The van der Waals surface area contributed by atoms with Crippen molar-refractivity contribution >= 4 is 47.4 Å². The van der Waals surface area contributed by atoms with Crippen LogP contribution in [0.3, 0.4) is 0 Å². The number of nitrogens with one attached hydrogen (secondary N) is 2. The molecule has 0 bridgehead atoms. The Morgan fingerprint density at radius 2 is 1.95 bits per heavy atom. The highest BCUT2D eigenvalue weighted by atomic mass is 35.5. The van der Waals surface area contributed by atoms with Gasteiger partial charge in [-0.1, -0.05) is 18.7 Å². The maximum Gasteiger partial charge on any atom is 0.158 e. The molecule has 1 aromatic rings. The molecule has 0 fully saturated rings. The van der Waals surface area contributed by atoms with Crippen molar-refractivity contribution < 1.29 is 9.47 Å². The van der Waals surface area contributed by atoms with Crippen LogP contribution < -0.4 is 20.5 Å². The molecule has 0 aromatic heterocycles. The van der Waals surface area contributed by atoms with E-state index in [4.69, 9.17) is 20.6 Å². The number of ether oxygens (including phenoxy) is 2. The first kappa shape index (κ1) is 21.5. The molecule has 8 heteroatoms. The van der Waals surface area contributed by atoms with Crippen LogP contribution in [0.2, 0.25) is 0 Å². The third-order valence-electron chi connectivity index (χ3n) is 2.38. The van der Waals surface area contributed by atoms with Crippen LogP contribution in [0.15, 0.2) is 12.1 Å². The minimum atomic E-state index is 0. The second kappa shape index (κ2) is 10.9. The van der Waals surface area contributed by atoms with E-state index in [0.29, 0.717) is 23.2 Å². The van der Waals surface area contributed by atoms with Crippen LogP contribution in [-0.4, -0.2) is 25.1 Å². The minimum absolute atomic E-state index is 0. The van der Waals surface area contributed by atoms with Gasteiger partial charge in [-0.3, -0.25) is 5.41 Å². The van der Waals surface area contributed by atoms with Gasteiger partial charge in [-0.05, 0) is 17.9 Å². The van der Waals surface area contributed by atoms with Crippen LogP contribution in [0.5, 0.6) is 11.5 Å². The molecule has 1 rings (SSSR count). The Bertz CT molecular complexity index is 433. The highest BCUT2D eigenvalue weighted by molar-refractivity contribution is 8.14. The standard InChI is InChI=1S/C12H19N3O2S.2ClH/c1-4-18-12(14)15-9-5-6-10(16-2)8(7-13)11(9)17-3;;/h5-6H,4,7,13H2,1-3H3,(H2,14,15);2*1H. The molecule has 116 valence electrons. The van der Waals surface area contributed by atoms with E-state index in [1.54, 1.807) is 14.2 Å². The van der Waals surface area contributed by atoms with Crippen molar-refractivity contribution in [1.29, 1.82) is 5.41 Å². The molecule has 4 N–H and O–H groups in total. The van der Waals surface area contributed by atoms with Crippen molar-refractivity contribution in [2.24, 2.45) is 5.73 Å². The number of amidine groups is 1. The first-order chi connectivity index (χ1) is 8.67. The maximum atomic E-state index is 7.76. The van der Waals surface area contributed by atoms with Crippen LogP contribution in [-0.2, 0) is 6.54 Å². The fraction of sp³-hybridized carbons (Fsp3) is 0.417. The van der Waals surface area contributed by atoms with Gasteiger partial charge in [-0.15, -0.1) is 24.8 Å². The summed E-state index contributed by atoms with van der Waals surface area (Å²) in [6, 6.07) is 3.64. The summed E-state index contributed by atoms with van der Waals surface area (Å²) in [5.41, 5.74) is 7.23. The van der Waals surface area contributed by atoms with Gasteiger partial charge in [0.1, 0.15) is 5.75 Å². The van der Waals surface area contributed by atoms with Crippen LogP contribution in [0.4, 0.5) is 5.69 Å². The second-order valence-electron chi connectivity index (χ2n) is 3.42. The van der Waals surface area contributed by atoms with Gasteiger partial charge in [-0.2, -0.15) is 0 Å². The molecule has 0 unspecified atom stereocenters. The van der Waals surface area contributed by atoms with Crippen molar-refractivity contribution in [2.75, 3.05) is 25.3 Å². The van der Waals surface area contributed by atoms with Gasteiger partial charge in [0.15, 0.2) is 10.9 Å². The Hall–Kier alpha value is -0.820. The summed E-state index contributed by atoms with van der Waals surface area (Å²) in [5.74, 6) is 2.15. The topological polar surface area (TPSA) is 80.4 Å². The summed E-state index contributed by atoms with van der Waals surface area (Å²) >= 11 is 1.42. The number of hydrogen-bond acceptors (Lipinski definition) is 5. The SMILES string of the molecule is CCSC(=N)Nc1ccc(OC)c(CN)c1OC.Cl.Cl. The van der Waals surface area contributed by atoms with E-state index in [-0.39, 0.29) is 24.8 Å². The van der Waals surface area contributed by atoms with Crippen LogP contribution in [0, 0.1) is 5.41 Å². The van der Waals surface area contributed by atoms with E-state index in [1.165, 1.54) is 11.8 Å². The molecule has 0 radical (unpaired) electrons. The predicted molar refractivity (Wildman–Crippen MR) is 91.4 cm³/mol. The zero-order chi connectivity index (χ0) is 13.5. The van der Waals surface area contributed by atoms with Gasteiger partial charge in [0.25, 0.3) is 0 Å². The summed E-state index contributed by atoms with van der Waals surface area (Å²) in [6.07, 6.45) is 0. The smallest absolute Gasteiger partial charge is 0.158 e. The molecule has 0 aliphatic carbocycles. The number of anilines is 1. The van der Waals surface area contributed by atoms with Crippen molar-refractivity contribution in [3.8, 4) is 11.5 Å². The third-order valence-corrected chi connectivity index (χ3v) is 3.06. The molecule has 1 aromatic carbocycles. The van der Waals surface area contributed by atoms with Crippen molar-refractivity contribution in [1.82, 2.24) is 0 Å².